The number of anilines is 1. The molecule has 0 radical (unpaired) electrons. The van der Waals surface area contributed by atoms with Gasteiger partial charge in [0.25, 0.3) is 0 Å². The summed E-state index contributed by atoms with van der Waals surface area (Å²) >= 11 is 1.50. The van der Waals surface area contributed by atoms with Crippen LogP contribution in [-0.2, 0) is 0 Å². The van der Waals surface area contributed by atoms with Gasteiger partial charge in [-0.2, -0.15) is 5.10 Å². The summed E-state index contributed by atoms with van der Waals surface area (Å²) in [6, 6.07) is 1.82. The minimum Gasteiger partial charge on any atom is -0.382 e. The second-order valence-electron chi connectivity index (χ2n) is 3.24. The molecule has 3 aromatic heterocycles. The molecule has 0 unspecified atom stereocenters. The first-order valence-electron chi connectivity index (χ1n) is 4.86. The van der Waals surface area contributed by atoms with Gasteiger partial charge in [0, 0.05) is 24.0 Å². The van der Waals surface area contributed by atoms with Gasteiger partial charge in [-0.15, -0.1) is 11.3 Å². The van der Waals surface area contributed by atoms with E-state index in [0.29, 0.717) is 17.2 Å². The second-order valence-corrected chi connectivity index (χ2v) is 4.14. The van der Waals surface area contributed by atoms with E-state index in [0.717, 1.165) is 5.01 Å². The summed E-state index contributed by atoms with van der Waals surface area (Å²) in [5, 5.41) is 6.84. The fourth-order valence-electron chi connectivity index (χ4n) is 1.52. The van der Waals surface area contributed by atoms with Gasteiger partial charge in [0.1, 0.15) is 22.7 Å². The average molecular weight is 244 g/mol. The van der Waals surface area contributed by atoms with Crippen molar-refractivity contribution in [1.29, 1.82) is 0 Å². The van der Waals surface area contributed by atoms with Gasteiger partial charge < -0.3 is 5.73 Å². The van der Waals surface area contributed by atoms with Gasteiger partial charge in [-0.1, -0.05) is 0 Å². The van der Waals surface area contributed by atoms with Gasteiger partial charge in [-0.25, -0.2) is 19.6 Å². The molecule has 0 aromatic carbocycles. The Labute approximate surface area is 101 Å². The summed E-state index contributed by atoms with van der Waals surface area (Å²) in [6.45, 7) is 0. The third-order valence-corrected chi connectivity index (χ3v) is 3.00. The highest BCUT2D eigenvalue weighted by atomic mass is 32.1. The number of nitrogen functional groups attached to an aromatic ring is 1. The van der Waals surface area contributed by atoms with Crippen molar-refractivity contribution in [2.45, 2.75) is 0 Å². The number of nitrogens with zero attached hydrogens (tertiary/aromatic N) is 5. The minimum absolute atomic E-state index is 0.383. The van der Waals surface area contributed by atoms with Gasteiger partial charge in [0.2, 0.25) is 0 Å². The number of hydrogen-bond acceptors (Lipinski definition) is 6. The quantitative estimate of drug-likeness (QED) is 0.736. The van der Waals surface area contributed by atoms with Crippen LogP contribution in [0.2, 0.25) is 0 Å². The Morgan fingerprint density at radius 2 is 2.12 bits per heavy atom. The maximum atomic E-state index is 5.88. The molecule has 17 heavy (non-hydrogen) atoms. The Bertz CT molecular complexity index is 616. The fourth-order valence-corrected chi connectivity index (χ4v) is 2.15. The van der Waals surface area contributed by atoms with Crippen molar-refractivity contribution < 1.29 is 0 Å². The Balaban J connectivity index is 2.26. The molecular weight excluding hydrogens is 236 g/mol. The Morgan fingerprint density at radius 1 is 1.18 bits per heavy atom. The third-order valence-electron chi connectivity index (χ3n) is 2.22. The van der Waals surface area contributed by atoms with Crippen LogP contribution in [0.1, 0.15) is 0 Å². The number of hydrogen-bond donors (Lipinski definition) is 1. The molecule has 0 fully saturated rings. The first kappa shape index (κ1) is 9.91. The predicted octanol–water partition coefficient (Wildman–Crippen LogP) is 1.37. The molecule has 0 amide bonds. The smallest absolute Gasteiger partial charge is 0.153 e. The van der Waals surface area contributed by atoms with Crippen molar-refractivity contribution in [3.63, 3.8) is 0 Å². The number of rotatable bonds is 2. The summed E-state index contributed by atoms with van der Waals surface area (Å²) in [4.78, 5) is 12.5. The zero-order chi connectivity index (χ0) is 11.7. The molecule has 7 heteroatoms. The molecular formula is C10H8N6S. The van der Waals surface area contributed by atoms with Crippen molar-refractivity contribution in [2.75, 3.05) is 5.73 Å². The largest absolute Gasteiger partial charge is 0.382 e. The van der Waals surface area contributed by atoms with Crippen molar-refractivity contribution >= 4 is 17.2 Å². The molecule has 2 N–H and O–H groups in total. The van der Waals surface area contributed by atoms with Crippen LogP contribution in [0.4, 0.5) is 5.82 Å². The Morgan fingerprint density at radius 3 is 2.82 bits per heavy atom. The van der Waals surface area contributed by atoms with E-state index in [2.05, 4.69) is 20.1 Å². The molecule has 3 heterocycles. The van der Waals surface area contributed by atoms with Crippen LogP contribution >= 0.6 is 11.3 Å². The molecule has 3 aromatic rings. The maximum Gasteiger partial charge on any atom is 0.153 e. The number of aromatic nitrogens is 5. The summed E-state index contributed by atoms with van der Waals surface area (Å²) in [5.74, 6) is 0.383. The Hall–Kier alpha value is -2.28. The van der Waals surface area contributed by atoms with Crippen LogP contribution in [0, 0.1) is 0 Å². The number of thiazole rings is 1. The standard InChI is InChI=1S/C10H8N6S/c11-9-8(16-4-1-2-15-16)7(13-6-14-9)10-12-3-5-17-10/h1-6H,(H2,11,13,14). The SMILES string of the molecule is Nc1ncnc(-c2nccs2)c1-n1cccn1. The summed E-state index contributed by atoms with van der Waals surface area (Å²) < 4.78 is 1.64. The van der Waals surface area contributed by atoms with Crippen LogP contribution in [0.5, 0.6) is 0 Å². The van der Waals surface area contributed by atoms with Crippen LogP contribution in [0.25, 0.3) is 16.4 Å². The molecule has 84 valence electrons. The maximum absolute atomic E-state index is 5.88. The fraction of sp³-hybridized carbons (Fsp3) is 0. The first-order valence-corrected chi connectivity index (χ1v) is 5.74. The third kappa shape index (κ3) is 1.66. The second kappa shape index (κ2) is 3.95. The lowest BCUT2D eigenvalue weighted by Gasteiger charge is -2.08. The summed E-state index contributed by atoms with van der Waals surface area (Å²) in [6.07, 6.45) is 6.63. The van der Waals surface area contributed by atoms with Crippen LogP contribution in [0.3, 0.4) is 0 Å². The lowest BCUT2D eigenvalue weighted by atomic mass is 10.3. The van der Waals surface area contributed by atoms with Crippen molar-refractivity contribution in [2.24, 2.45) is 0 Å². The molecule has 0 spiro atoms. The van der Waals surface area contributed by atoms with Crippen LogP contribution in [0.15, 0.2) is 36.4 Å². The zero-order valence-corrected chi connectivity index (χ0v) is 9.50. The van der Waals surface area contributed by atoms with E-state index in [1.54, 1.807) is 23.3 Å². The molecule has 0 atom stereocenters. The van der Waals surface area contributed by atoms with Gasteiger partial charge in [0.15, 0.2) is 5.82 Å². The van der Waals surface area contributed by atoms with Crippen molar-refractivity contribution in [1.82, 2.24) is 24.7 Å². The molecule has 3 rings (SSSR count). The highest BCUT2D eigenvalue weighted by Gasteiger charge is 2.15. The molecule has 0 saturated heterocycles. The molecule has 6 nitrogen and oxygen atoms in total. The molecule has 0 bridgehead atoms. The van der Waals surface area contributed by atoms with Crippen LogP contribution in [-0.4, -0.2) is 24.7 Å². The van der Waals surface area contributed by atoms with E-state index in [-0.39, 0.29) is 0 Å². The van der Waals surface area contributed by atoms with E-state index < -0.39 is 0 Å². The van der Waals surface area contributed by atoms with Gasteiger partial charge in [0.05, 0.1) is 0 Å². The van der Waals surface area contributed by atoms with Gasteiger partial charge in [-0.05, 0) is 6.07 Å². The van der Waals surface area contributed by atoms with Gasteiger partial charge >= 0.3 is 0 Å². The van der Waals surface area contributed by atoms with E-state index in [4.69, 9.17) is 5.73 Å². The van der Waals surface area contributed by atoms with Gasteiger partial charge in [-0.3, -0.25) is 0 Å². The molecule has 0 aliphatic rings. The Kier molecular flexibility index (Phi) is 2.30. The minimum atomic E-state index is 0.383. The average Bonchev–Trinajstić information content (AvgIpc) is 3.02. The number of nitrogens with two attached hydrogens (primary N) is 1. The van der Waals surface area contributed by atoms with E-state index in [1.165, 1.54) is 17.7 Å². The first-order chi connectivity index (χ1) is 8.36. The highest BCUT2D eigenvalue weighted by molar-refractivity contribution is 7.13. The summed E-state index contributed by atoms with van der Waals surface area (Å²) in [7, 11) is 0. The lowest BCUT2D eigenvalue weighted by molar-refractivity contribution is 0.870. The van der Waals surface area contributed by atoms with E-state index in [9.17, 15) is 0 Å². The molecule has 0 saturated carbocycles. The normalized spacial score (nSPS) is 10.6. The van der Waals surface area contributed by atoms with E-state index in [1.807, 2.05) is 11.4 Å². The predicted molar refractivity (Wildman–Crippen MR) is 64.7 cm³/mol. The molecule has 0 aliphatic heterocycles. The topological polar surface area (TPSA) is 82.5 Å². The zero-order valence-electron chi connectivity index (χ0n) is 8.69. The molecule has 0 aliphatic carbocycles. The van der Waals surface area contributed by atoms with E-state index >= 15 is 0 Å². The van der Waals surface area contributed by atoms with Crippen molar-refractivity contribution in [3.05, 3.63) is 36.4 Å². The van der Waals surface area contributed by atoms with Crippen molar-refractivity contribution in [3.8, 4) is 16.4 Å². The highest BCUT2D eigenvalue weighted by Crippen LogP contribution is 2.28. The lowest BCUT2D eigenvalue weighted by Crippen LogP contribution is -2.06. The van der Waals surface area contributed by atoms with Crippen LogP contribution < -0.4 is 5.73 Å². The monoisotopic (exact) mass is 244 g/mol. The summed E-state index contributed by atoms with van der Waals surface area (Å²) in [5.41, 5.74) is 7.23.